The van der Waals surface area contributed by atoms with Gasteiger partial charge in [-0.25, -0.2) is 0 Å². The van der Waals surface area contributed by atoms with Gasteiger partial charge >= 0.3 is 7.82 Å². The molecule has 0 radical (unpaired) electrons. The lowest BCUT2D eigenvalue weighted by Crippen LogP contribution is -2.10. The first-order chi connectivity index (χ1) is 15.3. The molecule has 0 bridgehead atoms. The van der Waals surface area contributed by atoms with E-state index in [0.717, 1.165) is 52.6 Å². The van der Waals surface area contributed by atoms with Crippen LogP contribution in [0.25, 0.3) is 0 Å². The van der Waals surface area contributed by atoms with E-state index in [4.69, 9.17) is 13.6 Å². The Morgan fingerprint density at radius 2 is 0.844 bits per heavy atom. The molecular formula is C27H33O4P. The van der Waals surface area contributed by atoms with Gasteiger partial charge in [0, 0.05) is 0 Å². The van der Waals surface area contributed by atoms with Crippen LogP contribution < -0.4 is 13.6 Å². The van der Waals surface area contributed by atoms with Crippen LogP contribution in [0.1, 0.15) is 54.2 Å². The molecule has 0 spiro atoms. The van der Waals surface area contributed by atoms with Crippen molar-refractivity contribution in [2.24, 2.45) is 0 Å². The summed E-state index contributed by atoms with van der Waals surface area (Å²) in [6.07, 6.45) is 2.54. The van der Waals surface area contributed by atoms with Gasteiger partial charge in [-0.15, -0.1) is 0 Å². The Morgan fingerprint density at radius 1 is 0.562 bits per heavy atom. The molecule has 5 heteroatoms. The molecule has 3 aromatic carbocycles. The van der Waals surface area contributed by atoms with E-state index in [-0.39, 0.29) is 0 Å². The van der Waals surface area contributed by atoms with E-state index in [0.29, 0.717) is 17.2 Å². The van der Waals surface area contributed by atoms with Gasteiger partial charge in [-0.3, -0.25) is 0 Å². The minimum atomic E-state index is -4.06. The SMILES string of the molecule is CCc1ccc(C)c(OP(=O)(Oc2cc(CC)ccc2C)Oc2cc(CC)ccc2C)c1. The number of hydrogen-bond acceptors (Lipinski definition) is 4. The van der Waals surface area contributed by atoms with Crippen LogP contribution in [0.2, 0.25) is 0 Å². The Labute approximate surface area is 192 Å². The van der Waals surface area contributed by atoms with Crippen LogP contribution in [0, 0.1) is 20.8 Å². The van der Waals surface area contributed by atoms with Crippen molar-refractivity contribution in [3.05, 3.63) is 88.0 Å². The van der Waals surface area contributed by atoms with Crippen molar-refractivity contribution in [1.29, 1.82) is 0 Å². The van der Waals surface area contributed by atoms with Crippen molar-refractivity contribution < 1.29 is 18.1 Å². The van der Waals surface area contributed by atoms with Gasteiger partial charge in [0.25, 0.3) is 0 Å². The fourth-order valence-electron chi connectivity index (χ4n) is 3.31. The highest BCUT2D eigenvalue weighted by Crippen LogP contribution is 2.51. The number of phosphoric ester groups is 1. The summed E-state index contributed by atoms with van der Waals surface area (Å²) in [4.78, 5) is 0. The Morgan fingerprint density at radius 3 is 1.09 bits per heavy atom. The molecule has 0 heterocycles. The Bertz CT molecular complexity index is 995. The molecule has 0 N–H and O–H groups in total. The van der Waals surface area contributed by atoms with Crippen LogP contribution in [0.4, 0.5) is 0 Å². The quantitative estimate of drug-likeness (QED) is 0.309. The lowest BCUT2D eigenvalue weighted by molar-refractivity contribution is 0.296. The van der Waals surface area contributed by atoms with Crippen molar-refractivity contribution in [2.75, 3.05) is 0 Å². The van der Waals surface area contributed by atoms with E-state index in [9.17, 15) is 4.57 Å². The maximum Gasteiger partial charge on any atom is 0.647 e. The number of aryl methyl sites for hydroxylation is 6. The largest absolute Gasteiger partial charge is 0.647 e. The lowest BCUT2D eigenvalue weighted by atomic mass is 10.1. The molecule has 0 aliphatic heterocycles. The van der Waals surface area contributed by atoms with Gasteiger partial charge in [0.1, 0.15) is 17.2 Å². The smallest absolute Gasteiger partial charge is 0.386 e. The van der Waals surface area contributed by atoms with Crippen LogP contribution in [0.5, 0.6) is 17.2 Å². The molecule has 0 saturated carbocycles. The molecular weight excluding hydrogens is 419 g/mol. The van der Waals surface area contributed by atoms with Crippen LogP contribution >= 0.6 is 7.82 Å². The third kappa shape index (κ3) is 5.75. The maximum absolute atomic E-state index is 14.1. The average molecular weight is 453 g/mol. The zero-order chi connectivity index (χ0) is 23.3. The third-order valence-electron chi connectivity index (χ3n) is 5.61. The lowest BCUT2D eigenvalue weighted by Gasteiger charge is -2.22. The van der Waals surface area contributed by atoms with E-state index < -0.39 is 7.82 Å². The summed E-state index contributed by atoms with van der Waals surface area (Å²) in [5, 5.41) is 0. The fourth-order valence-corrected chi connectivity index (χ4v) is 4.73. The highest BCUT2D eigenvalue weighted by molar-refractivity contribution is 7.49. The summed E-state index contributed by atoms with van der Waals surface area (Å²) >= 11 is 0. The molecule has 0 aliphatic rings. The van der Waals surface area contributed by atoms with Gasteiger partial charge in [-0.1, -0.05) is 57.2 Å². The second-order valence-electron chi connectivity index (χ2n) is 8.08. The summed E-state index contributed by atoms with van der Waals surface area (Å²) in [7, 11) is -4.06. The summed E-state index contributed by atoms with van der Waals surface area (Å²) in [5.41, 5.74) is 5.87. The van der Waals surface area contributed by atoms with Crippen molar-refractivity contribution in [3.63, 3.8) is 0 Å². The molecule has 0 fully saturated rings. The van der Waals surface area contributed by atoms with Gasteiger partial charge in [0.2, 0.25) is 0 Å². The standard InChI is InChI=1S/C27H33O4P/c1-7-22-13-10-19(4)25(16-22)29-32(28,30-26-17-23(8-2)14-11-20(26)5)31-27-18-24(9-3)15-12-21(27)6/h10-18H,7-9H2,1-6H3. The number of hydrogen-bond donors (Lipinski definition) is 0. The fraction of sp³-hybridized carbons (Fsp3) is 0.333. The van der Waals surface area contributed by atoms with E-state index >= 15 is 0 Å². The molecule has 0 aliphatic carbocycles. The summed E-state index contributed by atoms with van der Waals surface area (Å²) in [5.74, 6) is 1.50. The molecule has 0 unspecified atom stereocenters. The minimum absolute atomic E-state index is 0.501. The summed E-state index contributed by atoms with van der Waals surface area (Å²) < 4.78 is 32.3. The molecule has 0 amide bonds. The predicted molar refractivity (Wildman–Crippen MR) is 131 cm³/mol. The van der Waals surface area contributed by atoms with Crippen LogP contribution in [-0.2, 0) is 23.8 Å². The normalized spacial score (nSPS) is 11.3. The molecule has 4 nitrogen and oxygen atoms in total. The van der Waals surface area contributed by atoms with Crippen molar-refractivity contribution in [1.82, 2.24) is 0 Å². The van der Waals surface area contributed by atoms with Gasteiger partial charge < -0.3 is 13.6 Å². The van der Waals surface area contributed by atoms with Crippen molar-refractivity contribution in [2.45, 2.75) is 60.8 Å². The van der Waals surface area contributed by atoms with E-state index in [2.05, 4.69) is 20.8 Å². The van der Waals surface area contributed by atoms with Gasteiger partial charge in [-0.2, -0.15) is 4.57 Å². The second kappa shape index (κ2) is 10.3. The third-order valence-corrected chi connectivity index (χ3v) is 6.87. The molecule has 0 aromatic heterocycles. The molecule has 170 valence electrons. The molecule has 0 saturated heterocycles. The van der Waals surface area contributed by atoms with E-state index in [1.54, 1.807) is 0 Å². The van der Waals surface area contributed by atoms with E-state index in [1.165, 1.54) is 0 Å². The Kier molecular flexibility index (Phi) is 7.69. The maximum atomic E-state index is 14.1. The Balaban J connectivity index is 2.05. The number of rotatable bonds is 9. The molecule has 0 atom stereocenters. The van der Waals surface area contributed by atoms with Gasteiger partial charge in [0.05, 0.1) is 0 Å². The zero-order valence-corrected chi connectivity index (χ0v) is 20.8. The molecule has 3 aromatic rings. The first-order valence-corrected chi connectivity index (χ1v) is 12.7. The van der Waals surface area contributed by atoms with Crippen LogP contribution in [0.3, 0.4) is 0 Å². The second-order valence-corrected chi connectivity index (χ2v) is 9.52. The van der Waals surface area contributed by atoms with E-state index in [1.807, 2.05) is 75.4 Å². The number of phosphoric acid groups is 1. The predicted octanol–water partition coefficient (Wildman–Crippen LogP) is 7.94. The summed E-state index contributed by atoms with van der Waals surface area (Å²) in [6.45, 7) is 12.0. The molecule has 32 heavy (non-hydrogen) atoms. The first kappa shape index (κ1) is 23.9. The van der Waals surface area contributed by atoms with Gasteiger partial charge in [-0.05, 0) is 91.6 Å². The van der Waals surface area contributed by atoms with Gasteiger partial charge in [0.15, 0.2) is 0 Å². The average Bonchev–Trinajstić information content (AvgIpc) is 2.78. The minimum Gasteiger partial charge on any atom is -0.386 e. The first-order valence-electron chi connectivity index (χ1n) is 11.2. The van der Waals surface area contributed by atoms with Crippen LogP contribution in [0.15, 0.2) is 54.6 Å². The van der Waals surface area contributed by atoms with Crippen LogP contribution in [-0.4, -0.2) is 0 Å². The van der Waals surface area contributed by atoms with Crippen molar-refractivity contribution in [3.8, 4) is 17.2 Å². The number of benzene rings is 3. The topological polar surface area (TPSA) is 44.8 Å². The monoisotopic (exact) mass is 452 g/mol. The van der Waals surface area contributed by atoms with Crippen molar-refractivity contribution >= 4 is 7.82 Å². The highest BCUT2D eigenvalue weighted by atomic mass is 31.2. The molecule has 3 rings (SSSR count). The summed E-state index contributed by atoms with van der Waals surface area (Å²) in [6, 6.07) is 17.7. The highest BCUT2D eigenvalue weighted by Gasteiger charge is 2.35. The zero-order valence-electron chi connectivity index (χ0n) is 19.9. The Hall–Kier alpha value is -2.71.